The van der Waals surface area contributed by atoms with Crippen LogP contribution in [0.2, 0.25) is 0 Å². The van der Waals surface area contributed by atoms with Gasteiger partial charge in [0.25, 0.3) is 0 Å². The smallest absolute Gasteiger partial charge is 0.0246 e. The zero-order valence-corrected chi connectivity index (χ0v) is 10.1. The predicted molar refractivity (Wildman–Crippen MR) is 67.1 cm³/mol. The Hall–Kier alpha value is -1.08. The summed E-state index contributed by atoms with van der Waals surface area (Å²) in [7, 11) is 0. The third kappa shape index (κ3) is 1.26. The van der Waals surface area contributed by atoms with E-state index in [1.165, 1.54) is 32.3 Å². The number of hydrogen-bond donors (Lipinski definition) is 0. The molecular weight excluding hydrogens is 248 g/mol. The summed E-state index contributed by atoms with van der Waals surface area (Å²) >= 11 is 3.69. The van der Waals surface area contributed by atoms with Crippen molar-refractivity contribution in [3.05, 3.63) is 57.6 Å². The van der Waals surface area contributed by atoms with Crippen molar-refractivity contribution in [2.24, 2.45) is 0 Å². The summed E-state index contributed by atoms with van der Waals surface area (Å²) in [4.78, 5) is 0. The third-order valence-corrected chi connectivity index (χ3v) is 4.22. The van der Waals surface area contributed by atoms with Gasteiger partial charge in [0.2, 0.25) is 0 Å². The van der Waals surface area contributed by atoms with Crippen LogP contribution in [0.1, 0.15) is 16.7 Å². The van der Waals surface area contributed by atoms with Gasteiger partial charge in [0, 0.05) is 4.47 Å². The van der Waals surface area contributed by atoms with Gasteiger partial charge in [0.05, 0.1) is 0 Å². The van der Waals surface area contributed by atoms with Gasteiger partial charge in [0.15, 0.2) is 0 Å². The Bertz CT molecular complexity index is 541. The van der Waals surface area contributed by atoms with Crippen LogP contribution in [0.5, 0.6) is 0 Å². The highest BCUT2D eigenvalue weighted by Crippen LogP contribution is 2.40. The summed E-state index contributed by atoms with van der Waals surface area (Å²) in [6.45, 7) is 2.15. The molecule has 1 aliphatic carbocycles. The molecule has 0 nitrogen and oxygen atoms in total. The standard InChI is InChI=1S/C14H11Br/c1-9-6-7-12-11-5-3-2-4-10(11)8-13(12)14(9)15/h2-7H,8H2,1H3. The van der Waals surface area contributed by atoms with Crippen molar-refractivity contribution >= 4 is 15.9 Å². The van der Waals surface area contributed by atoms with Gasteiger partial charge in [-0.25, -0.2) is 0 Å². The van der Waals surface area contributed by atoms with Crippen LogP contribution in [0.4, 0.5) is 0 Å². The Morgan fingerprint density at radius 2 is 1.80 bits per heavy atom. The Balaban J connectivity index is 2.31. The maximum Gasteiger partial charge on any atom is 0.0246 e. The number of benzene rings is 2. The normalized spacial score (nSPS) is 12.4. The SMILES string of the molecule is Cc1ccc2c(c1Br)Cc1ccccc1-2. The van der Waals surface area contributed by atoms with E-state index in [9.17, 15) is 0 Å². The number of hydrogen-bond acceptors (Lipinski definition) is 0. The van der Waals surface area contributed by atoms with Gasteiger partial charge in [-0.2, -0.15) is 0 Å². The molecule has 2 aromatic carbocycles. The van der Waals surface area contributed by atoms with E-state index in [1.807, 2.05) is 0 Å². The molecule has 0 heterocycles. The zero-order valence-electron chi connectivity index (χ0n) is 8.55. The molecule has 3 rings (SSSR count). The lowest BCUT2D eigenvalue weighted by Crippen LogP contribution is -1.85. The molecule has 0 amide bonds. The van der Waals surface area contributed by atoms with Crippen molar-refractivity contribution in [2.45, 2.75) is 13.3 Å². The number of rotatable bonds is 0. The average molecular weight is 259 g/mol. The molecule has 0 bridgehead atoms. The fraction of sp³-hybridized carbons (Fsp3) is 0.143. The summed E-state index contributed by atoms with van der Waals surface area (Å²) < 4.78 is 1.27. The molecule has 0 spiro atoms. The molecule has 0 atom stereocenters. The van der Waals surface area contributed by atoms with Crippen LogP contribution in [-0.4, -0.2) is 0 Å². The van der Waals surface area contributed by atoms with Crippen LogP contribution in [0.3, 0.4) is 0 Å². The van der Waals surface area contributed by atoms with E-state index in [0.29, 0.717) is 0 Å². The van der Waals surface area contributed by atoms with Crippen molar-refractivity contribution in [1.82, 2.24) is 0 Å². The number of halogens is 1. The largest absolute Gasteiger partial charge is 0.0619 e. The minimum absolute atomic E-state index is 1.06. The van der Waals surface area contributed by atoms with Gasteiger partial charge < -0.3 is 0 Å². The highest BCUT2D eigenvalue weighted by Gasteiger charge is 2.20. The van der Waals surface area contributed by atoms with Gasteiger partial charge in [-0.05, 0) is 41.2 Å². The minimum Gasteiger partial charge on any atom is -0.0619 e. The van der Waals surface area contributed by atoms with Crippen LogP contribution in [-0.2, 0) is 6.42 Å². The zero-order chi connectivity index (χ0) is 10.4. The van der Waals surface area contributed by atoms with Crippen molar-refractivity contribution < 1.29 is 0 Å². The van der Waals surface area contributed by atoms with Crippen molar-refractivity contribution in [2.75, 3.05) is 0 Å². The van der Waals surface area contributed by atoms with Crippen molar-refractivity contribution in [3.63, 3.8) is 0 Å². The second-order valence-electron chi connectivity index (χ2n) is 4.06. The van der Waals surface area contributed by atoms with Crippen LogP contribution in [0.25, 0.3) is 11.1 Å². The van der Waals surface area contributed by atoms with Crippen molar-refractivity contribution in [1.29, 1.82) is 0 Å². The van der Waals surface area contributed by atoms with Crippen LogP contribution in [0.15, 0.2) is 40.9 Å². The summed E-state index contributed by atoms with van der Waals surface area (Å²) in [6.07, 6.45) is 1.06. The molecule has 15 heavy (non-hydrogen) atoms. The lowest BCUT2D eigenvalue weighted by atomic mass is 10.0. The second-order valence-corrected chi connectivity index (χ2v) is 4.85. The molecule has 0 saturated heterocycles. The lowest BCUT2D eigenvalue weighted by molar-refractivity contribution is 1.23. The summed E-state index contributed by atoms with van der Waals surface area (Å²) in [5.74, 6) is 0. The number of aryl methyl sites for hydroxylation is 1. The summed E-state index contributed by atoms with van der Waals surface area (Å²) in [5, 5.41) is 0. The Kier molecular flexibility index (Phi) is 1.96. The monoisotopic (exact) mass is 258 g/mol. The van der Waals surface area contributed by atoms with E-state index in [4.69, 9.17) is 0 Å². The maximum absolute atomic E-state index is 3.69. The fourth-order valence-electron chi connectivity index (χ4n) is 2.29. The Labute approximate surface area is 98.1 Å². The first kappa shape index (κ1) is 9.17. The van der Waals surface area contributed by atoms with Gasteiger partial charge in [-0.15, -0.1) is 0 Å². The maximum atomic E-state index is 3.69. The molecule has 0 fully saturated rings. The predicted octanol–water partition coefficient (Wildman–Crippen LogP) is 4.33. The van der Waals surface area contributed by atoms with Gasteiger partial charge >= 0.3 is 0 Å². The van der Waals surface area contributed by atoms with E-state index >= 15 is 0 Å². The quantitative estimate of drug-likeness (QED) is 0.563. The van der Waals surface area contributed by atoms with E-state index in [0.717, 1.165) is 6.42 Å². The van der Waals surface area contributed by atoms with Crippen LogP contribution in [0, 0.1) is 6.92 Å². The molecule has 0 aromatic heterocycles. The van der Waals surface area contributed by atoms with E-state index < -0.39 is 0 Å². The first-order chi connectivity index (χ1) is 7.27. The molecule has 0 unspecified atom stereocenters. The van der Waals surface area contributed by atoms with E-state index in [-0.39, 0.29) is 0 Å². The molecule has 1 aliphatic rings. The van der Waals surface area contributed by atoms with Gasteiger partial charge in [0.1, 0.15) is 0 Å². The van der Waals surface area contributed by atoms with Crippen LogP contribution < -0.4 is 0 Å². The molecule has 0 aliphatic heterocycles. The second kappa shape index (κ2) is 3.21. The van der Waals surface area contributed by atoms with Gasteiger partial charge in [-0.3, -0.25) is 0 Å². The van der Waals surface area contributed by atoms with Crippen molar-refractivity contribution in [3.8, 4) is 11.1 Å². The molecular formula is C14H11Br. The van der Waals surface area contributed by atoms with E-state index in [2.05, 4.69) is 59.3 Å². The van der Waals surface area contributed by atoms with Crippen LogP contribution >= 0.6 is 15.9 Å². The number of fused-ring (bicyclic) bond motifs is 3. The Morgan fingerprint density at radius 3 is 2.67 bits per heavy atom. The highest BCUT2D eigenvalue weighted by molar-refractivity contribution is 9.10. The summed E-state index contributed by atoms with van der Waals surface area (Å²) in [6, 6.07) is 13.1. The highest BCUT2D eigenvalue weighted by atomic mass is 79.9. The first-order valence-electron chi connectivity index (χ1n) is 5.13. The summed E-state index contributed by atoms with van der Waals surface area (Å²) in [5.41, 5.74) is 6.99. The fourth-order valence-corrected chi connectivity index (χ4v) is 2.78. The molecule has 0 N–H and O–H groups in total. The van der Waals surface area contributed by atoms with Gasteiger partial charge in [-0.1, -0.05) is 52.3 Å². The molecule has 0 radical (unpaired) electrons. The molecule has 2 aromatic rings. The first-order valence-corrected chi connectivity index (χ1v) is 5.93. The molecule has 0 saturated carbocycles. The average Bonchev–Trinajstić information content (AvgIpc) is 2.63. The Morgan fingerprint density at radius 1 is 1.00 bits per heavy atom. The molecule has 74 valence electrons. The third-order valence-electron chi connectivity index (χ3n) is 3.11. The minimum atomic E-state index is 1.06. The lowest BCUT2D eigenvalue weighted by Gasteiger charge is -2.05. The topological polar surface area (TPSA) is 0 Å². The molecule has 1 heteroatoms. The van der Waals surface area contributed by atoms with E-state index in [1.54, 1.807) is 0 Å².